The average molecular weight is 339 g/mol. The number of carbonyl (C=O) groups is 3. The first-order valence-corrected chi connectivity index (χ1v) is 7.66. The molecule has 0 aromatic carbocycles. The number of amides is 2. The zero-order valence-electron chi connectivity index (χ0n) is 13.0. The van der Waals surface area contributed by atoms with Crippen LogP contribution >= 0.6 is 0 Å². The molecule has 6 N–H and O–H groups in total. The SMILES string of the molecule is O=C(O)C(Cc1cnc[nH]1)NC(=O)C(CO)NC(=O)C1CCCN1. The van der Waals surface area contributed by atoms with E-state index < -0.39 is 36.6 Å². The molecule has 1 aliphatic heterocycles. The van der Waals surface area contributed by atoms with Crippen molar-refractivity contribution in [2.45, 2.75) is 37.4 Å². The van der Waals surface area contributed by atoms with E-state index in [1.165, 1.54) is 12.5 Å². The van der Waals surface area contributed by atoms with Gasteiger partial charge < -0.3 is 31.1 Å². The van der Waals surface area contributed by atoms with E-state index in [1.807, 2.05) is 0 Å². The number of rotatable bonds is 8. The van der Waals surface area contributed by atoms with Gasteiger partial charge in [0.15, 0.2) is 0 Å². The highest BCUT2D eigenvalue weighted by molar-refractivity contribution is 5.92. The molecule has 10 nitrogen and oxygen atoms in total. The lowest BCUT2D eigenvalue weighted by molar-refractivity contribution is -0.142. The van der Waals surface area contributed by atoms with Crippen molar-refractivity contribution in [3.8, 4) is 0 Å². The number of nitrogens with one attached hydrogen (secondary N) is 4. The molecule has 2 amide bonds. The molecule has 0 radical (unpaired) electrons. The van der Waals surface area contributed by atoms with Gasteiger partial charge in [0.05, 0.1) is 19.0 Å². The number of aromatic nitrogens is 2. The number of carboxylic acids is 1. The normalized spacial score (nSPS) is 19.5. The van der Waals surface area contributed by atoms with Crippen molar-refractivity contribution in [2.75, 3.05) is 13.2 Å². The van der Waals surface area contributed by atoms with E-state index in [0.717, 1.165) is 13.0 Å². The second-order valence-electron chi connectivity index (χ2n) is 5.57. The van der Waals surface area contributed by atoms with E-state index in [9.17, 15) is 24.6 Å². The smallest absolute Gasteiger partial charge is 0.326 e. The molecule has 1 fully saturated rings. The molecule has 3 unspecified atom stereocenters. The van der Waals surface area contributed by atoms with E-state index in [2.05, 4.69) is 25.9 Å². The van der Waals surface area contributed by atoms with Gasteiger partial charge in [-0.25, -0.2) is 9.78 Å². The number of aliphatic carboxylic acids is 1. The number of carbonyl (C=O) groups excluding carboxylic acids is 2. The Morgan fingerprint density at radius 1 is 1.33 bits per heavy atom. The summed E-state index contributed by atoms with van der Waals surface area (Å²) in [6.45, 7) is 0.0973. The molecular weight excluding hydrogens is 318 g/mol. The Hall–Kier alpha value is -2.46. The third kappa shape index (κ3) is 4.77. The summed E-state index contributed by atoms with van der Waals surface area (Å²) in [7, 11) is 0. The maximum atomic E-state index is 12.2. The topological polar surface area (TPSA) is 156 Å². The number of nitrogens with zero attached hydrogens (tertiary/aromatic N) is 1. The van der Waals surface area contributed by atoms with Crippen molar-refractivity contribution in [1.82, 2.24) is 25.9 Å². The van der Waals surface area contributed by atoms with Crippen LogP contribution in [0.1, 0.15) is 18.5 Å². The molecule has 2 heterocycles. The van der Waals surface area contributed by atoms with Crippen LogP contribution in [0.5, 0.6) is 0 Å². The second-order valence-corrected chi connectivity index (χ2v) is 5.57. The molecule has 132 valence electrons. The van der Waals surface area contributed by atoms with Gasteiger partial charge in [-0.1, -0.05) is 0 Å². The molecule has 2 rings (SSSR count). The zero-order valence-corrected chi connectivity index (χ0v) is 13.0. The summed E-state index contributed by atoms with van der Waals surface area (Å²) in [4.78, 5) is 42.0. The van der Waals surface area contributed by atoms with Gasteiger partial charge in [-0.15, -0.1) is 0 Å². The Balaban J connectivity index is 1.93. The summed E-state index contributed by atoms with van der Waals surface area (Å²) in [6, 6.07) is -2.80. The number of hydrogen-bond donors (Lipinski definition) is 6. The highest BCUT2D eigenvalue weighted by Crippen LogP contribution is 2.05. The molecule has 10 heteroatoms. The first-order valence-electron chi connectivity index (χ1n) is 7.66. The van der Waals surface area contributed by atoms with Crippen molar-refractivity contribution in [3.63, 3.8) is 0 Å². The highest BCUT2D eigenvalue weighted by Gasteiger charge is 2.29. The van der Waals surface area contributed by atoms with E-state index in [1.54, 1.807) is 0 Å². The third-order valence-electron chi connectivity index (χ3n) is 3.79. The van der Waals surface area contributed by atoms with Gasteiger partial charge in [-0.05, 0) is 19.4 Å². The van der Waals surface area contributed by atoms with Crippen LogP contribution in [0.15, 0.2) is 12.5 Å². The quantitative estimate of drug-likeness (QED) is 0.312. The fraction of sp³-hybridized carbons (Fsp3) is 0.571. The lowest BCUT2D eigenvalue weighted by Crippen LogP contribution is -2.56. The molecule has 1 aromatic rings. The predicted octanol–water partition coefficient (Wildman–Crippen LogP) is -2.25. The van der Waals surface area contributed by atoms with Crippen LogP contribution in [-0.2, 0) is 20.8 Å². The molecule has 0 spiro atoms. The van der Waals surface area contributed by atoms with Gasteiger partial charge in [0.2, 0.25) is 11.8 Å². The Labute approximate surface area is 138 Å². The number of aliphatic hydroxyl groups excluding tert-OH is 1. The van der Waals surface area contributed by atoms with Crippen molar-refractivity contribution in [1.29, 1.82) is 0 Å². The number of aromatic amines is 1. The van der Waals surface area contributed by atoms with E-state index in [-0.39, 0.29) is 12.3 Å². The second kappa shape index (κ2) is 8.41. The van der Waals surface area contributed by atoms with Crippen molar-refractivity contribution in [2.24, 2.45) is 0 Å². The van der Waals surface area contributed by atoms with Crippen LogP contribution in [0, 0.1) is 0 Å². The minimum absolute atomic E-state index is 0.0113. The molecule has 1 aromatic heterocycles. The molecule has 0 saturated carbocycles. The van der Waals surface area contributed by atoms with Crippen LogP contribution in [0.25, 0.3) is 0 Å². The maximum Gasteiger partial charge on any atom is 0.326 e. The van der Waals surface area contributed by atoms with Gasteiger partial charge in [0.1, 0.15) is 12.1 Å². The molecule has 24 heavy (non-hydrogen) atoms. The summed E-state index contributed by atoms with van der Waals surface area (Å²) in [6.07, 6.45) is 4.39. The predicted molar refractivity (Wildman–Crippen MR) is 81.9 cm³/mol. The fourth-order valence-corrected chi connectivity index (χ4v) is 2.46. The Morgan fingerprint density at radius 2 is 2.12 bits per heavy atom. The monoisotopic (exact) mass is 339 g/mol. The largest absolute Gasteiger partial charge is 0.480 e. The van der Waals surface area contributed by atoms with Crippen LogP contribution < -0.4 is 16.0 Å². The fourth-order valence-electron chi connectivity index (χ4n) is 2.46. The molecular formula is C14H21N5O5. The third-order valence-corrected chi connectivity index (χ3v) is 3.79. The van der Waals surface area contributed by atoms with Crippen LogP contribution in [0.2, 0.25) is 0 Å². The lowest BCUT2D eigenvalue weighted by atomic mass is 10.1. The molecule has 1 saturated heterocycles. The summed E-state index contributed by atoms with van der Waals surface area (Å²) >= 11 is 0. The van der Waals surface area contributed by atoms with Gasteiger partial charge in [0.25, 0.3) is 0 Å². The van der Waals surface area contributed by atoms with E-state index >= 15 is 0 Å². The number of carboxylic acid groups (broad SMARTS) is 1. The zero-order chi connectivity index (χ0) is 17.5. The average Bonchev–Trinajstić information content (AvgIpc) is 3.24. The van der Waals surface area contributed by atoms with Gasteiger partial charge in [-0.3, -0.25) is 9.59 Å². The summed E-state index contributed by atoms with van der Waals surface area (Å²) in [5.41, 5.74) is 0.544. The summed E-state index contributed by atoms with van der Waals surface area (Å²) in [5, 5.41) is 26.3. The molecule has 0 aliphatic carbocycles. The van der Waals surface area contributed by atoms with Crippen molar-refractivity contribution < 1.29 is 24.6 Å². The summed E-state index contributed by atoms with van der Waals surface area (Å²) in [5.74, 6) is -2.36. The number of aliphatic hydroxyl groups is 1. The number of hydrogen-bond acceptors (Lipinski definition) is 6. The Morgan fingerprint density at radius 3 is 2.67 bits per heavy atom. The van der Waals surface area contributed by atoms with E-state index in [0.29, 0.717) is 12.1 Å². The minimum Gasteiger partial charge on any atom is -0.480 e. The van der Waals surface area contributed by atoms with E-state index in [4.69, 9.17) is 0 Å². The van der Waals surface area contributed by atoms with Crippen LogP contribution in [0.4, 0.5) is 0 Å². The lowest BCUT2D eigenvalue weighted by Gasteiger charge is -2.21. The van der Waals surface area contributed by atoms with Crippen LogP contribution in [-0.4, -0.2) is 69.2 Å². The Bertz CT molecular complexity index is 570. The molecule has 0 bridgehead atoms. The highest BCUT2D eigenvalue weighted by atomic mass is 16.4. The van der Waals surface area contributed by atoms with Crippen LogP contribution in [0.3, 0.4) is 0 Å². The molecule has 3 atom stereocenters. The van der Waals surface area contributed by atoms with Gasteiger partial charge in [-0.2, -0.15) is 0 Å². The molecule has 1 aliphatic rings. The maximum absolute atomic E-state index is 12.2. The van der Waals surface area contributed by atoms with Gasteiger partial charge >= 0.3 is 5.97 Å². The number of imidazole rings is 1. The minimum atomic E-state index is -1.22. The number of H-pyrrole nitrogens is 1. The first kappa shape index (κ1) is 17.9. The Kier molecular flexibility index (Phi) is 6.27. The first-order chi connectivity index (χ1) is 11.5. The van der Waals surface area contributed by atoms with Gasteiger partial charge in [0, 0.05) is 18.3 Å². The standard InChI is InChI=1S/C14H21N5O5/c20-6-11(19-12(21)9-2-1-3-16-9)13(22)18-10(14(23)24)4-8-5-15-7-17-8/h5,7,9-11,16,20H,1-4,6H2,(H,15,17)(H,18,22)(H,19,21)(H,23,24). The van der Waals surface area contributed by atoms with Crippen molar-refractivity contribution >= 4 is 17.8 Å². The summed E-state index contributed by atoms with van der Waals surface area (Å²) < 4.78 is 0. The van der Waals surface area contributed by atoms with Crippen molar-refractivity contribution in [3.05, 3.63) is 18.2 Å².